The van der Waals surface area contributed by atoms with Crippen molar-refractivity contribution < 1.29 is 36.8 Å². The molecule has 0 amide bonds. The predicted molar refractivity (Wildman–Crippen MR) is 105 cm³/mol. The molecule has 2 aromatic rings. The molecule has 1 heterocycles. The summed E-state index contributed by atoms with van der Waals surface area (Å²) in [5.74, 6) is 0.0599. The van der Waals surface area contributed by atoms with Gasteiger partial charge in [-0.25, -0.2) is 0 Å². The van der Waals surface area contributed by atoms with E-state index in [9.17, 15) is 15.3 Å². The molecule has 3 rings (SSSR count). The SMILES string of the molecule is [2H]C([2H])([2H])C([2H])([2H])Oc1ccc(Cc2cc([C@@H]3O[C@@H]([C@H](O)CO)[C@H](O)[C@H]3O)ccc2Cl)cc1. The van der Waals surface area contributed by atoms with Gasteiger partial charge in [0.25, 0.3) is 0 Å². The average Bonchev–Trinajstić information content (AvgIpc) is 3.04. The maximum atomic E-state index is 10.4. The lowest BCUT2D eigenvalue weighted by atomic mass is 9.96. The normalized spacial score (nSPS) is 29.2. The lowest BCUT2D eigenvalue weighted by Crippen LogP contribution is -2.40. The van der Waals surface area contributed by atoms with Crippen LogP contribution < -0.4 is 4.74 Å². The minimum atomic E-state index is -2.94. The minimum Gasteiger partial charge on any atom is -0.494 e. The Hall–Kier alpha value is -1.67. The molecule has 1 saturated heterocycles. The lowest BCUT2D eigenvalue weighted by molar-refractivity contribution is -0.0820. The third kappa shape index (κ3) is 4.49. The summed E-state index contributed by atoms with van der Waals surface area (Å²) in [4.78, 5) is 0. The molecule has 152 valence electrons. The van der Waals surface area contributed by atoms with E-state index in [1.807, 2.05) is 0 Å². The van der Waals surface area contributed by atoms with Gasteiger partial charge in [-0.3, -0.25) is 0 Å². The van der Waals surface area contributed by atoms with Crippen LogP contribution in [0.25, 0.3) is 0 Å². The van der Waals surface area contributed by atoms with E-state index in [-0.39, 0.29) is 5.75 Å². The number of ether oxygens (including phenoxy) is 2. The third-order valence-electron chi connectivity index (χ3n) is 4.75. The maximum absolute atomic E-state index is 10.4. The average molecular weight is 414 g/mol. The van der Waals surface area contributed by atoms with Crippen LogP contribution in [0.5, 0.6) is 5.75 Å². The zero-order valence-electron chi connectivity index (χ0n) is 19.8. The Labute approximate surface area is 175 Å². The van der Waals surface area contributed by atoms with Crippen LogP contribution in [0.1, 0.15) is 36.5 Å². The van der Waals surface area contributed by atoms with Crippen molar-refractivity contribution in [3.8, 4) is 5.75 Å². The molecule has 0 saturated carbocycles. The van der Waals surface area contributed by atoms with E-state index in [2.05, 4.69) is 0 Å². The van der Waals surface area contributed by atoms with Crippen molar-refractivity contribution in [1.29, 1.82) is 0 Å². The quantitative estimate of drug-likeness (QED) is 0.553. The van der Waals surface area contributed by atoms with Crippen molar-refractivity contribution in [3.05, 3.63) is 64.2 Å². The number of hydrogen-bond acceptors (Lipinski definition) is 6. The van der Waals surface area contributed by atoms with Crippen molar-refractivity contribution in [3.63, 3.8) is 0 Å². The zero-order chi connectivity index (χ0) is 24.6. The van der Waals surface area contributed by atoms with Crippen LogP contribution in [-0.2, 0) is 11.2 Å². The van der Waals surface area contributed by atoms with Gasteiger partial charge in [-0.1, -0.05) is 35.9 Å². The number of benzene rings is 2. The molecule has 6 nitrogen and oxygen atoms in total. The molecule has 0 bridgehead atoms. The largest absolute Gasteiger partial charge is 0.494 e. The smallest absolute Gasteiger partial charge is 0.119 e. The predicted octanol–water partition coefficient (Wildman–Crippen LogP) is 1.84. The Morgan fingerprint density at radius 1 is 1.21 bits per heavy atom. The third-order valence-corrected chi connectivity index (χ3v) is 5.12. The molecule has 4 N–H and O–H groups in total. The molecule has 0 radical (unpaired) electrons. The second kappa shape index (κ2) is 9.22. The van der Waals surface area contributed by atoms with E-state index >= 15 is 0 Å². The minimum absolute atomic E-state index is 0.0599. The van der Waals surface area contributed by atoms with Crippen molar-refractivity contribution >= 4 is 11.6 Å². The molecule has 1 aliphatic heterocycles. The first kappa shape index (κ1) is 15.2. The van der Waals surface area contributed by atoms with Gasteiger partial charge < -0.3 is 29.9 Å². The summed E-state index contributed by atoms with van der Waals surface area (Å²) in [6.07, 6.45) is -5.75. The van der Waals surface area contributed by atoms with Crippen LogP contribution in [0.3, 0.4) is 0 Å². The van der Waals surface area contributed by atoms with E-state index < -0.39 is 50.5 Å². The van der Waals surface area contributed by atoms with E-state index in [0.717, 1.165) is 5.56 Å². The number of aliphatic hydroxyl groups excluding tert-OH is 4. The maximum Gasteiger partial charge on any atom is 0.119 e. The van der Waals surface area contributed by atoms with E-state index in [1.165, 1.54) is 12.1 Å². The van der Waals surface area contributed by atoms with Gasteiger partial charge in [0.2, 0.25) is 0 Å². The molecule has 0 unspecified atom stereocenters. The molecule has 2 aromatic carbocycles. The second-order valence-electron chi connectivity index (χ2n) is 6.63. The summed E-state index contributed by atoms with van der Waals surface area (Å²) < 4.78 is 47.3. The summed E-state index contributed by atoms with van der Waals surface area (Å²) >= 11 is 6.33. The fourth-order valence-corrected chi connectivity index (χ4v) is 3.45. The Bertz CT molecular complexity index is 955. The molecule has 1 aliphatic rings. The summed E-state index contributed by atoms with van der Waals surface area (Å²) in [5.41, 5.74) is 1.98. The first-order valence-corrected chi connectivity index (χ1v) is 9.08. The topological polar surface area (TPSA) is 99.4 Å². The van der Waals surface area contributed by atoms with E-state index in [1.54, 1.807) is 30.3 Å². The van der Waals surface area contributed by atoms with Gasteiger partial charge in [0.15, 0.2) is 0 Å². The van der Waals surface area contributed by atoms with Crippen LogP contribution in [0.2, 0.25) is 5.02 Å². The number of rotatable bonds is 7. The molecular formula is C21H25ClO6. The van der Waals surface area contributed by atoms with Crippen LogP contribution in [0.15, 0.2) is 42.5 Å². The summed E-state index contributed by atoms with van der Waals surface area (Å²) in [7, 11) is 0. The van der Waals surface area contributed by atoms with Gasteiger partial charge >= 0.3 is 0 Å². The molecule has 7 heteroatoms. The molecule has 28 heavy (non-hydrogen) atoms. The number of halogens is 1. The Morgan fingerprint density at radius 2 is 1.96 bits per heavy atom. The summed E-state index contributed by atoms with van der Waals surface area (Å²) in [5, 5.41) is 39.9. The van der Waals surface area contributed by atoms with Crippen LogP contribution in [-0.4, -0.2) is 58.0 Å². The van der Waals surface area contributed by atoms with Crippen LogP contribution >= 0.6 is 11.6 Å². The molecule has 5 atom stereocenters. The number of hydrogen-bond donors (Lipinski definition) is 4. The fraction of sp³-hybridized carbons (Fsp3) is 0.429. The van der Waals surface area contributed by atoms with Crippen molar-refractivity contribution in [2.45, 2.75) is 43.8 Å². The van der Waals surface area contributed by atoms with Gasteiger partial charge in [0.1, 0.15) is 36.3 Å². The molecular weight excluding hydrogens is 384 g/mol. The highest BCUT2D eigenvalue weighted by Gasteiger charge is 2.46. The Balaban J connectivity index is 1.76. The monoisotopic (exact) mass is 413 g/mol. The zero-order valence-corrected chi connectivity index (χ0v) is 15.6. The lowest BCUT2D eigenvalue weighted by Gasteiger charge is -2.19. The number of aliphatic hydroxyl groups is 4. The molecule has 0 aromatic heterocycles. The molecule has 0 aliphatic carbocycles. The Kier molecular flexibility index (Phi) is 5.01. The van der Waals surface area contributed by atoms with Gasteiger partial charge in [0.05, 0.1) is 15.9 Å². The van der Waals surface area contributed by atoms with Crippen molar-refractivity contribution in [2.75, 3.05) is 13.2 Å². The molecule has 0 spiro atoms. The van der Waals surface area contributed by atoms with Gasteiger partial charge in [0, 0.05) is 9.13 Å². The van der Waals surface area contributed by atoms with Gasteiger partial charge in [-0.15, -0.1) is 0 Å². The van der Waals surface area contributed by atoms with E-state index in [0.29, 0.717) is 22.6 Å². The molecule has 1 fully saturated rings. The summed E-state index contributed by atoms with van der Waals surface area (Å²) in [6, 6.07) is 11.2. The van der Waals surface area contributed by atoms with Crippen molar-refractivity contribution in [2.24, 2.45) is 0 Å². The Morgan fingerprint density at radius 3 is 2.64 bits per heavy atom. The van der Waals surface area contributed by atoms with Crippen LogP contribution in [0, 0.1) is 0 Å². The standard InChI is InChI=1S/C21H25ClO6/c1-2-27-15-6-3-12(4-7-15)9-14-10-13(5-8-16(14)22)20-18(25)19(26)21(28-20)17(24)11-23/h3-8,10,17-21,23-26H,2,9,11H2,1H3/t17-,18-,19-,20+,21+/m1/s1/i1D3,2D2. The van der Waals surface area contributed by atoms with E-state index in [4.69, 9.17) is 33.0 Å². The van der Waals surface area contributed by atoms with Crippen molar-refractivity contribution in [1.82, 2.24) is 0 Å². The highest BCUT2D eigenvalue weighted by atomic mass is 35.5. The summed E-state index contributed by atoms with van der Waals surface area (Å²) in [6.45, 7) is -6.40. The first-order valence-electron chi connectivity index (χ1n) is 11.2. The highest BCUT2D eigenvalue weighted by Crippen LogP contribution is 2.36. The fourth-order valence-electron chi connectivity index (χ4n) is 3.26. The highest BCUT2D eigenvalue weighted by molar-refractivity contribution is 6.31. The van der Waals surface area contributed by atoms with Gasteiger partial charge in [-0.2, -0.15) is 0 Å². The first-order chi connectivity index (χ1) is 15.3. The van der Waals surface area contributed by atoms with Crippen LogP contribution in [0.4, 0.5) is 0 Å². The second-order valence-corrected chi connectivity index (χ2v) is 7.04. The van der Waals surface area contributed by atoms with Gasteiger partial charge in [-0.05, 0) is 48.2 Å².